The van der Waals surface area contributed by atoms with Crippen molar-refractivity contribution in [2.75, 3.05) is 0 Å². The van der Waals surface area contributed by atoms with Crippen LogP contribution in [0, 0.1) is 6.42 Å². The molecule has 0 nitrogen and oxygen atoms in total. The van der Waals surface area contributed by atoms with Crippen molar-refractivity contribution >= 4 is 18.4 Å². The molecular formula is C13H27Sn+. The molecule has 0 spiro atoms. The molecule has 14 heavy (non-hydrogen) atoms. The molecule has 0 saturated heterocycles. The van der Waals surface area contributed by atoms with Crippen molar-refractivity contribution in [1.82, 2.24) is 0 Å². The minimum atomic E-state index is -1.62. The molecule has 0 N–H and O–H groups in total. The van der Waals surface area contributed by atoms with Crippen molar-refractivity contribution in [3.05, 3.63) is 6.42 Å². The molecule has 0 bridgehead atoms. The van der Waals surface area contributed by atoms with E-state index in [0.717, 1.165) is 3.93 Å². The van der Waals surface area contributed by atoms with E-state index >= 15 is 0 Å². The number of hydrogen-bond acceptors (Lipinski definition) is 0. The third-order valence-electron chi connectivity index (χ3n) is 3.53. The van der Waals surface area contributed by atoms with Gasteiger partial charge in [-0.05, 0) is 0 Å². The van der Waals surface area contributed by atoms with Gasteiger partial charge in [0.15, 0.2) is 0 Å². The van der Waals surface area contributed by atoms with Crippen molar-refractivity contribution in [3.63, 3.8) is 0 Å². The fourth-order valence-corrected chi connectivity index (χ4v) is 7.99. The molecule has 1 heteroatoms. The molecule has 0 amide bonds. The molecule has 1 aliphatic rings. The Kier molecular flexibility index (Phi) is 5.73. The van der Waals surface area contributed by atoms with Gasteiger partial charge in [0.1, 0.15) is 0 Å². The predicted molar refractivity (Wildman–Crippen MR) is 68.3 cm³/mol. The van der Waals surface area contributed by atoms with Crippen LogP contribution < -0.4 is 0 Å². The summed E-state index contributed by atoms with van der Waals surface area (Å²) in [5, 5.41) is 0. The van der Waals surface area contributed by atoms with Crippen LogP contribution in [0.3, 0.4) is 0 Å². The first-order chi connectivity index (χ1) is 6.61. The summed E-state index contributed by atoms with van der Waals surface area (Å²) in [5.74, 6) is 0. The van der Waals surface area contributed by atoms with Gasteiger partial charge in [-0.25, -0.2) is 0 Å². The van der Waals surface area contributed by atoms with Gasteiger partial charge in [-0.1, -0.05) is 0 Å². The monoisotopic (exact) mass is 303 g/mol. The number of rotatable bonds is 1. The van der Waals surface area contributed by atoms with E-state index in [0.29, 0.717) is 0 Å². The fraction of sp³-hybridized carbons (Fsp3) is 0.923. The van der Waals surface area contributed by atoms with E-state index in [2.05, 4.69) is 21.2 Å². The van der Waals surface area contributed by atoms with Crippen molar-refractivity contribution in [3.8, 4) is 0 Å². The first kappa shape index (κ1) is 12.7. The van der Waals surface area contributed by atoms with Crippen LogP contribution >= 0.6 is 0 Å². The Balaban J connectivity index is 2.38. The first-order valence-corrected chi connectivity index (χ1v) is 16.6. The van der Waals surface area contributed by atoms with Gasteiger partial charge < -0.3 is 0 Å². The molecule has 0 aromatic rings. The molecule has 1 saturated carbocycles. The SMILES string of the molecule is [CH3][Sn]([CH3])([CH3])[CH]1[CH+]CCCCCCCC1. The quantitative estimate of drug-likeness (QED) is 0.470. The van der Waals surface area contributed by atoms with Gasteiger partial charge in [-0.3, -0.25) is 0 Å². The molecule has 0 aromatic carbocycles. The standard InChI is InChI=1S/C10H18.3CH3.Sn/c1-2-4-6-8-10-9-7-5-3-1;;;;/h1-2H,3-10H2;3*1H3;/q+1;;;;. The zero-order valence-corrected chi connectivity index (χ0v) is 13.2. The Hall–Kier alpha value is 0.669. The van der Waals surface area contributed by atoms with Crippen LogP contribution in [0.2, 0.25) is 18.8 Å². The maximum absolute atomic E-state index is 2.70. The third-order valence-corrected chi connectivity index (χ3v) is 11.4. The van der Waals surface area contributed by atoms with Gasteiger partial charge in [0.05, 0.1) is 0 Å². The normalized spacial score (nSPS) is 26.6. The maximum atomic E-state index is 2.70. The summed E-state index contributed by atoms with van der Waals surface area (Å²) in [5.41, 5.74) is 0. The molecule has 0 aliphatic heterocycles. The van der Waals surface area contributed by atoms with Crippen LogP contribution in [0.25, 0.3) is 0 Å². The van der Waals surface area contributed by atoms with E-state index in [4.69, 9.17) is 0 Å². The van der Waals surface area contributed by atoms with Gasteiger partial charge in [-0.2, -0.15) is 0 Å². The fourth-order valence-electron chi connectivity index (χ4n) is 2.44. The van der Waals surface area contributed by atoms with E-state index in [-0.39, 0.29) is 0 Å². The first-order valence-electron chi connectivity index (χ1n) is 6.44. The second kappa shape index (κ2) is 6.29. The van der Waals surface area contributed by atoms with Gasteiger partial charge >= 0.3 is 94.9 Å². The Labute approximate surface area is 94.7 Å². The zero-order valence-electron chi connectivity index (χ0n) is 10.3. The van der Waals surface area contributed by atoms with Crippen LogP contribution in [0.15, 0.2) is 0 Å². The van der Waals surface area contributed by atoms with Crippen LogP contribution in [-0.2, 0) is 0 Å². The summed E-state index contributed by atoms with van der Waals surface area (Å²) in [6.45, 7) is 0. The Morgan fingerprint density at radius 2 is 1.43 bits per heavy atom. The molecule has 0 aromatic heterocycles. The second-order valence-corrected chi connectivity index (χ2v) is 21.5. The van der Waals surface area contributed by atoms with Gasteiger partial charge in [0.25, 0.3) is 0 Å². The molecule has 1 fully saturated rings. The van der Waals surface area contributed by atoms with E-state index in [1.54, 1.807) is 0 Å². The van der Waals surface area contributed by atoms with Crippen molar-refractivity contribution in [2.24, 2.45) is 0 Å². The summed E-state index contributed by atoms with van der Waals surface area (Å²) in [4.78, 5) is 7.80. The van der Waals surface area contributed by atoms with Gasteiger partial charge in [0, 0.05) is 0 Å². The van der Waals surface area contributed by atoms with Gasteiger partial charge in [0.2, 0.25) is 0 Å². The van der Waals surface area contributed by atoms with Crippen molar-refractivity contribution in [1.29, 1.82) is 0 Å². The van der Waals surface area contributed by atoms with Crippen LogP contribution in [0.5, 0.6) is 0 Å². The van der Waals surface area contributed by atoms with Crippen LogP contribution in [0.1, 0.15) is 51.4 Å². The molecule has 0 radical (unpaired) electrons. The number of hydrogen-bond donors (Lipinski definition) is 0. The average Bonchev–Trinajstić information content (AvgIpc) is 2.12. The Bertz CT molecular complexity index is 136. The average molecular weight is 302 g/mol. The summed E-state index contributed by atoms with van der Waals surface area (Å²) >= 11 is -1.62. The molecule has 1 rings (SSSR count). The topological polar surface area (TPSA) is 0 Å². The predicted octanol–water partition coefficient (Wildman–Crippen LogP) is 5.03. The molecular weight excluding hydrogens is 275 g/mol. The van der Waals surface area contributed by atoms with Crippen LogP contribution in [0.4, 0.5) is 0 Å². The zero-order chi connectivity index (χ0) is 10.4. The summed E-state index contributed by atoms with van der Waals surface area (Å²) < 4.78 is 1.06. The van der Waals surface area contributed by atoms with Gasteiger partial charge in [-0.15, -0.1) is 0 Å². The molecule has 1 atom stereocenters. The van der Waals surface area contributed by atoms with Crippen molar-refractivity contribution in [2.45, 2.75) is 70.1 Å². The molecule has 0 heterocycles. The van der Waals surface area contributed by atoms with E-state index in [9.17, 15) is 0 Å². The van der Waals surface area contributed by atoms with E-state index < -0.39 is 18.4 Å². The Morgan fingerprint density at radius 3 is 2.07 bits per heavy atom. The molecule has 1 unspecified atom stereocenters. The van der Waals surface area contributed by atoms with E-state index in [1.807, 2.05) is 0 Å². The molecule has 1 aliphatic carbocycles. The summed E-state index contributed by atoms with van der Waals surface area (Å²) in [6.07, 6.45) is 14.5. The van der Waals surface area contributed by atoms with Crippen LogP contribution in [-0.4, -0.2) is 18.4 Å². The third kappa shape index (κ3) is 4.95. The molecule has 82 valence electrons. The van der Waals surface area contributed by atoms with Crippen molar-refractivity contribution < 1.29 is 0 Å². The second-order valence-electron chi connectivity index (χ2n) is 5.91. The summed E-state index contributed by atoms with van der Waals surface area (Å²) in [7, 11) is 0. The minimum absolute atomic E-state index is 1.06. The summed E-state index contributed by atoms with van der Waals surface area (Å²) in [6, 6.07) is 0. The van der Waals surface area contributed by atoms with E-state index in [1.165, 1.54) is 51.4 Å². The Morgan fingerprint density at radius 1 is 0.857 bits per heavy atom.